The van der Waals surface area contributed by atoms with E-state index in [-0.39, 0.29) is 31.1 Å². The highest BCUT2D eigenvalue weighted by atomic mass is 16.6. The van der Waals surface area contributed by atoms with Crippen LogP contribution < -0.4 is 0 Å². The van der Waals surface area contributed by atoms with Crippen LogP contribution in [0.1, 0.15) is 367 Å². The molecule has 0 aliphatic rings. The molecule has 0 saturated heterocycles. The van der Waals surface area contributed by atoms with Crippen LogP contribution in [0.15, 0.2) is 12.2 Å². The molecule has 0 aliphatic heterocycles. The Bertz CT molecular complexity index is 1100. The molecule has 420 valence electrons. The summed E-state index contributed by atoms with van der Waals surface area (Å²) in [5.41, 5.74) is 0. The minimum atomic E-state index is -0.763. The van der Waals surface area contributed by atoms with Gasteiger partial charge >= 0.3 is 17.9 Å². The van der Waals surface area contributed by atoms with Gasteiger partial charge in [-0.3, -0.25) is 14.4 Å². The summed E-state index contributed by atoms with van der Waals surface area (Å²) >= 11 is 0. The number of carbonyl (C=O) groups excluding carboxylic acids is 3. The molecule has 6 nitrogen and oxygen atoms in total. The lowest BCUT2D eigenvalue weighted by atomic mass is 10.0. The monoisotopic (exact) mass is 1000 g/mol. The first-order chi connectivity index (χ1) is 35.0. The molecule has 0 aromatic rings. The van der Waals surface area contributed by atoms with Crippen molar-refractivity contribution < 1.29 is 28.6 Å². The smallest absolute Gasteiger partial charge is 0.306 e. The van der Waals surface area contributed by atoms with Gasteiger partial charge in [-0.1, -0.05) is 315 Å². The number of esters is 3. The molecule has 0 radical (unpaired) electrons. The predicted molar refractivity (Wildman–Crippen MR) is 307 cm³/mol. The highest BCUT2D eigenvalue weighted by Crippen LogP contribution is 2.18. The molecule has 0 rings (SSSR count). The molecule has 0 bridgehead atoms. The van der Waals surface area contributed by atoms with E-state index in [0.717, 1.165) is 57.8 Å². The van der Waals surface area contributed by atoms with Crippen molar-refractivity contribution in [3.05, 3.63) is 12.2 Å². The number of hydrogen-bond acceptors (Lipinski definition) is 6. The van der Waals surface area contributed by atoms with Crippen LogP contribution in [0.5, 0.6) is 0 Å². The Hall–Kier alpha value is -1.85. The van der Waals surface area contributed by atoms with Crippen molar-refractivity contribution in [2.45, 2.75) is 374 Å². The fourth-order valence-electron chi connectivity index (χ4n) is 9.91. The van der Waals surface area contributed by atoms with Crippen molar-refractivity contribution >= 4 is 17.9 Å². The second kappa shape index (κ2) is 60.7. The van der Waals surface area contributed by atoms with Crippen LogP contribution in [0, 0.1) is 0 Å². The topological polar surface area (TPSA) is 78.9 Å². The van der Waals surface area contributed by atoms with E-state index in [4.69, 9.17) is 14.2 Å². The molecule has 0 aromatic heterocycles. The summed E-state index contributed by atoms with van der Waals surface area (Å²) in [6.45, 7) is 6.68. The lowest BCUT2D eigenvalue weighted by Gasteiger charge is -2.18. The Morgan fingerprint density at radius 3 is 0.704 bits per heavy atom. The Labute approximate surface area is 443 Å². The van der Waals surface area contributed by atoms with E-state index in [1.165, 1.54) is 270 Å². The van der Waals surface area contributed by atoms with Crippen molar-refractivity contribution in [1.29, 1.82) is 0 Å². The van der Waals surface area contributed by atoms with Crippen LogP contribution in [0.4, 0.5) is 0 Å². The summed E-state index contributed by atoms with van der Waals surface area (Å²) in [7, 11) is 0. The summed E-state index contributed by atoms with van der Waals surface area (Å²) in [5, 5.41) is 0. The van der Waals surface area contributed by atoms with E-state index in [9.17, 15) is 14.4 Å². The second-order valence-electron chi connectivity index (χ2n) is 22.0. The average molecular weight is 1000 g/mol. The van der Waals surface area contributed by atoms with Crippen molar-refractivity contribution in [2.24, 2.45) is 0 Å². The molecule has 0 heterocycles. The van der Waals surface area contributed by atoms with Gasteiger partial charge < -0.3 is 14.2 Å². The van der Waals surface area contributed by atoms with E-state index in [1.54, 1.807) is 0 Å². The first-order valence-electron chi connectivity index (χ1n) is 32.2. The number of allylic oxidation sites excluding steroid dienone is 2. The average Bonchev–Trinajstić information content (AvgIpc) is 3.37. The molecule has 1 unspecified atom stereocenters. The molecule has 0 amide bonds. The highest BCUT2D eigenvalue weighted by molar-refractivity contribution is 5.71. The number of ether oxygens (including phenoxy) is 3. The normalized spacial score (nSPS) is 12.0. The van der Waals surface area contributed by atoms with E-state index in [0.29, 0.717) is 19.3 Å². The molecule has 0 fully saturated rings. The van der Waals surface area contributed by atoms with Crippen LogP contribution in [0.3, 0.4) is 0 Å². The minimum Gasteiger partial charge on any atom is -0.462 e. The first kappa shape index (κ1) is 69.2. The first-order valence-corrected chi connectivity index (χ1v) is 32.2. The highest BCUT2D eigenvalue weighted by Gasteiger charge is 2.19. The van der Waals surface area contributed by atoms with E-state index in [2.05, 4.69) is 32.9 Å². The summed E-state index contributed by atoms with van der Waals surface area (Å²) in [4.78, 5) is 38.1. The molecule has 0 saturated carbocycles. The predicted octanol–water partition coefficient (Wildman–Crippen LogP) is 21.7. The molecular formula is C65H124O6. The van der Waals surface area contributed by atoms with Gasteiger partial charge in [-0.05, 0) is 44.9 Å². The maximum atomic E-state index is 12.9. The van der Waals surface area contributed by atoms with Crippen LogP contribution in [0.2, 0.25) is 0 Å². The van der Waals surface area contributed by atoms with Crippen molar-refractivity contribution in [3.63, 3.8) is 0 Å². The van der Waals surface area contributed by atoms with Gasteiger partial charge in [0.15, 0.2) is 6.10 Å². The Morgan fingerprint density at radius 1 is 0.268 bits per heavy atom. The van der Waals surface area contributed by atoms with Gasteiger partial charge in [-0.15, -0.1) is 0 Å². The zero-order valence-electron chi connectivity index (χ0n) is 48.3. The fourth-order valence-corrected chi connectivity index (χ4v) is 9.91. The van der Waals surface area contributed by atoms with Gasteiger partial charge in [-0.2, -0.15) is 0 Å². The standard InChI is InChI=1S/C65H124O6/c1-4-7-10-13-16-19-21-23-25-27-29-31-32-33-34-35-37-38-40-42-44-46-49-52-55-58-64(67)70-61-62(60-69-63(66)57-54-51-48-18-15-12-9-6-3)71-65(68)59-56-53-50-47-45-43-41-39-36-30-28-26-24-22-20-17-14-11-8-5-2/h27,29,62H,4-26,28,30-61H2,1-3H3/b29-27-. The largest absolute Gasteiger partial charge is 0.462 e. The molecule has 6 heteroatoms. The maximum absolute atomic E-state index is 12.9. The third-order valence-electron chi connectivity index (χ3n) is 14.8. The number of rotatable bonds is 60. The maximum Gasteiger partial charge on any atom is 0.306 e. The van der Waals surface area contributed by atoms with Crippen molar-refractivity contribution in [2.75, 3.05) is 13.2 Å². The van der Waals surface area contributed by atoms with Gasteiger partial charge in [0, 0.05) is 19.3 Å². The van der Waals surface area contributed by atoms with Gasteiger partial charge in [0.25, 0.3) is 0 Å². The zero-order chi connectivity index (χ0) is 51.4. The van der Waals surface area contributed by atoms with E-state index >= 15 is 0 Å². The minimum absolute atomic E-state index is 0.0638. The third-order valence-corrected chi connectivity index (χ3v) is 14.8. The van der Waals surface area contributed by atoms with Crippen LogP contribution in [0.25, 0.3) is 0 Å². The van der Waals surface area contributed by atoms with Crippen LogP contribution in [-0.4, -0.2) is 37.2 Å². The summed E-state index contributed by atoms with van der Waals surface area (Å²) < 4.78 is 16.9. The summed E-state index contributed by atoms with van der Waals surface area (Å²) in [5.74, 6) is -0.840. The summed E-state index contributed by atoms with van der Waals surface area (Å²) in [6, 6.07) is 0. The molecule has 0 spiro atoms. The van der Waals surface area contributed by atoms with Crippen LogP contribution in [-0.2, 0) is 28.6 Å². The van der Waals surface area contributed by atoms with Crippen molar-refractivity contribution in [1.82, 2.24) is 0 Å². The van der Waals surface area contributed by atoms with E-state index < -0.39 is 6.10 Å². The van der Waals surface area contributed by atoms with Gasteiger partial charge in [0.05, 0.1) is 0 Å². The molecule has 1 atom stereocenters. The lowest BCUT2D eigenvalue weighted by Crippen LogP contribution is -2.30. The quantitative estimate of drug-likeness (QED) is 0.0261. The van der Waals surface area contributed by atoms with Crippen LogP contribution >= 0.6 is 0 Å². The lowest BCUT2D eigenvalue weighted by molar-refractivity contribution is -0.167. The Morgan fingerprint density at radius 2 is 0.465 bits per heavy atom. The third kappa shape index (κ3) is 58.9. The molecule has 0 aromatic carbocycles. The summed E-state index contributed by atoms with van der Waals surface area (Å²) in [6.07, 6.45) is 71.0. The molecule has 71 heavy (non-hydrogen) atoms. The zero-order valence-corrected chi connectivity index (χ0v) is 48.3. The SMILES string of the molecule is CCCCCCCCCC/C=C\CCCCCCCCCCCCCCCC(=O)OCC(COC(=O)CCCCCCCCCC)OC(=O)CCCCCCCCCCCCCCCCCCCCCC. The van der Waals surface area contributed by atoms with Crippen molar-refractivity contribution in [3.8, 4) is 0 Å². The Balaban J connectivity index is 4.10. The van der Waals surface area contributed by atoms with Gasteiger partial charge in [0.2, 0.25) is 0 Å². The molecular weight excluding hydrogens is 877 g/mol. The molecule has 0 N–H and O–H groups in total. The van der Waals surface area contributed by atoms with Gasteiger partial charge in [0.1, 0.15) is 13.2 Å². The molecule has 0 aliphatic carbocycles. The number of carbonyl (C=O) groups is 3. The second-order valence-corrected chi connectivity index (χ2v) is 22.0. The number of unbranched alkanes of at least 4 members (excludes halogenated alkanes) is 47. The fraction of sp³-hybridized carbons (Fsp3) is 0.923. The van der Waals surface area contributed by atoms with E-state index in [1.807, 2.05) is 0 Å². The van der Waals surface area contributed by atoms with Gasteiger partial charge in [-0.25, -0.2) is 0 Å². The Kier molecular flexibility index (Phi) is 59.1. The number of hydrogen-bond donors (Lipinski definition) is 0.